The molecule has 0 aliphatic heterocycles. The Kier molecular flexibility index (Phi) is 6.83. The van der Waals surface area contributed by atoms with Gasteiger partial charge in [0.1, 0.15) is 12.6 Å². The summed E-state index contributed by atoms with van der Waals surface area (Å²) in [5.41, 5.74) is -3.14. The summed E-state index contributed by atoms with van der Waals surface area (Å²) in [6, 6.07) is 0. The van der Waals surface area contributed by atoms with Crippen molar-refractivity contribution in [2.24, 2.45) is 11.8 Å². The van der Waals surface area contributed by atoms with Gasteiger partial charge in [-0.05, 0) is 18.3 Å². The molecule has 1 aliphatic carbocycles. The van der Waals surface area contributed by atoms with Crippen LogP contribution in [0.4, 0.5) is 0 Å². The Balaban J connectivity index is 2.84. The zero-order chi connectivity index (χ0) is 14.7. The third-order valence-electron chi connectivity index (χ3n) is 3.97. The number of hydrogen-bond acceptors (Lipinski definition) is 3. The topological polar surface area (TPSA) is 32.3 Å². The molecule has 0 bridgehead atoms. The lowest BCUT2D eigenvalue weighted by atomic mass is 9.75. The van der Waals surface area contributed by atoms with Crippen molar-refractivity contribution < 1.29 is 13.9 Å². The summed E-state index contributed by atoms with van der Waals surface area (Å²) in [6.07, 6.45) is 6.09. The molecule has 0 aromatic heterocycles. The highest BCUT2D eigenvalue weighted by atomic mass is 32.9. The number of likely N-dealkylation sites (N-methyl/N-ethyl adjacent to an activating group) is 1. The van der Waals surface area contributed by atoms with Crippen LogP contribution in [-0.4, -0.2) is 38.3 Å². The Hall–Kier alpha value is 0.880. The molecule has 0 spiro atoms. The van der Waals surface area contributed by atoms with Crippen LogP contribution in [0.2, 0.25) is 0 Å². The normalized spacial score (nSPS) is 29.8. The van der Waals surface area contributed by atoms with Crippen LogP contribution in [0.3, 0.4) is 0 Å². The summed E-state index contributed by atoms with van der Waals surface area (Å²) in [6.45, 7) is 3.07. The van der Waals surface area contributed by atoms with E-state index in [1.54, 1.807) is 0 Å². The molecule has 4 atom stereocenters. The highest BCUT2D eigenvalue weighted by molar-refractivity contribution is 8.59. The minimum Gasteiger partial charge on any atom is -0.793 e. The van der Waals surface area contributed by atoms with Crippen LogP contribution in [-0.2, 0) is 16.3 Å². The van der Waals surface area contributed by atoms with Crippen LogP contribution >= 0.6 is 17.9 Å². The third-order valence-corrected chi connectivity index (χ3v) is 5.04. The maximum atomic E-state index is 11.8. The number of quaternary nitrogens is 1. The molecule has 1 rings (SSSR count). The van der Waals surface area contributed by atoms with Gasteiger partial charge in [0.15, 0.2) is 0 Å². The zero-order valence-electron chi connectivity index (χ0n) is 12.5. The zero-order valence-corrected chi connectivity index (χ0v) is 15.1. The lowest BCUT2D eigenvalue weighted by Crippen LogP contribution is -2.47. The van der Waals surface area contributed by atoms with Crippen LogP contribution in [0.5, 0.6) is 0 Å². The number of nitrogens with zero attached hydrogens (tertiary/aromatic N) is 1. The van der Waals surface area contributed by atoms with Crippen LogP contribution in [0.15, 0.2) is 0 Å². The lowest BCUT2D eigenvalue weighted by molar-refractivity contribution is -0.873. The SMILES string of the molecule is CCC1CCCCC1C(C[N+](C)(C)C)OP([O-])(=S)S. The highest BCUT2D eigenvalue weighted by Crippen LogP contribution is 2.47. The molecule has 0 aromatic carbocycles. The predicted molar refractivity (Wildman–Crippen MR) is 86.8 cm³/mol. The van der Waals surface area contributed by atoms with Crippen LogP contribution in [0, 0.1) is 11.8 Å². The fourth-order valence-corrected chi connectivity index (χ4v) is 4.45. The monoisotopic (exact) mass is 325 g/mol. The Labute approximate surface area is 128 Å². The average molecular weight is 325 g/mol. The van der Waals surface area contributed by atoms with Crippen molar-refractivity contribution in [3.05, 3.63) is 0 Å². The van der Waals surface area contributed by atoms with Crippen molar-refractivity contribution in [2.75, 3.05) is 27.7 Å². The first-order valence-electron chi connectivity index (χ1n) is 7.15. The number of hydrogen-bond donors (Lipinski definition) is 1. The van der Waals surface area contributed by atoms with E-state index in [0.29, 0.717) is 11.8 Å². The second-order valence-electron chi connectivity index (χ2n) is 6.70. The van der Waals surface area contributed by atoms with Gasteiger partial charge in [0, 0.05) is 5.69 Å². The summed E-state index contributed by atoms with van der Waals surface area (Å²) in [5, 5.41) is 0. The molecule has 6 heteroatoms. The van der Waals surface area contributed by atoms with Gasteiger partial charge in [-0.2, -0.15) is 0 Å². The molecule has 0 heterocycles. The molecule has 1 saturated carbocycles. The van der Waals surface area contributed by atoms with Crippen molar-refractivity contribution in [3.63, 3.8) is 0 Å². The first kappa shape index (κ1) is 17.9. The second kappa shape index (κ2) is 7.24. The second-order valence-corrected chi connectivity index (χ2v) is 11.7. The Bertz CT molecular complexity index is 327. The van der Waals surface area contributed by atoms with Crippen molar-refractivity contribution in [2.45, 2.75) is 45.1 Å². The van der Waals surface area contributed by atoms with Gasteiger partial charge in [-0.15, -0.1) is 12.2 Å². The van der Waals surface area contributed by atoms with Gasteiger partial charge < -0.3 is 13.9 Å². The molecule has 0 N–H and O–H groups in total. The number of rotatable bonds is 6. The molecule has 0 saturated heterocycles. The Morgan fingerprint density at radius 3 is 2.42 bits per heavy atom. The minimum absolute atomic E-state index is 0.0360. The van der Waals surface area contributed by atoms with Crippen molar-refractivity contribution in [3.8, 4) is 0 Å². The van der Waals surface area contributed by atoms with E-state index in [-0.39, 0.29) is 6.10 Å². The molecular formula is C13H28NO2PS2. The van der Waals surface area contributed by atoms with Crippen molar-refractivity contribution in [1.29, 1.82) is 0 Å². The van der Waals surface area contributed by atoms with E-state index in [4.69, 9.17) is 16.3 Å². The summed E-state index contributed by atoms with van der Waals surface area (Å²) in [7, 11) is 6.40. The molecule has 19 heavy (non-hydrogen) atoms. The van der Waals surface area contributed by atoms with E-state index in [1.165, 1.54) is 19.3 Å². The summed E-state index contributed by atoms with van der Waals surface area (Å²) in [4.78, 5) is 11.8. The Morgan fingerprint density at radius 2 is 1.95 bits per heavy atom. The standard InChI is InChI=1S/C13H28NO2PS2/c1-5-11-8-6-7-9-12(11)13(10-14(2,3)4)16-17(15,18)19/h11-13H,5-10H2,1-4H3,(H-,15,18,19). The van der Waals surface area contributed by atoms with E-state index < -0.39 is 5.69 Å². The van der Waals surface area contributed by atoms with Gasteiger partial charge in [-0.3, -0.25) is 0 Å². The van der Waals surface area contributed by atoms with Crippen LogP contribution < -0.4 is 4.89 Å². The minimum atomic E-state index is -3.14. The number of thiol groups is 1. The third kappa shape index (κ3) is 6.92. The largest absolute Gasteiger partial charge is 0.793 e. The molecule has 0 amide bonds. The molecule has 114 valence electrons. The first-order valence-corrected chi connectivity index (χ1v) is 10.9. The van der Waals surface area contributed by atoms with E-state index >= 15 is 0 Å². The highest BCUT2D eigenvalue weighted by Gasteiger charge is 2.35. The summed E-state index contributed by atoms with van der Waals surface area (Å²) in [5.74, 6) is 1.14. The van der Waals surface area contributed by atoms with Crippen LogP contribution in [0.25, 0.3) is 0 Å². The Morgan fingerprint density at radius 1 is 1.37 bits per heavy atom. The van der Waals surface area contributed by atoms with E-state index in [9.17, 15) is 4.89 Å². The maximum Gasteiger partial charge on any atom is 0.114 e. The molecule has 1 aliphatic rings. The fourth-order valence-electron chi connectivity index (χ4n) is 3.19. The smallest absolute Gasteiger partial charge is 0.114 e. The predicted octanol–water partition coefficient (Wildman–Crippen LogP) is 2.81. The summed E-state index contributed by atoms with van der Waals surface area (Å²) < 4.78 is 6.50. The molecule has 3 nitrogen and oxygen atoms in total. The van der Waals surface area contributed by atoms with Gasteiger partial charge in [-0.1, -0.05) is 44.4 Å². The van der Waals surface area contributed by atoms with Crippen molar-refractivity contribution >= 4 is 29.7 Å². The van der Waals surface area contributed by atoms with Gasteiger partial charge >= 0.3 is 0 Å². The van der Waals surface area contributed by atoms with E-state index in [2.05, 4.69) is 40.3 Å². The van der Waals surface area contributed by atoms with Crippen molar-refractivity contribution in [1.82, 2.24) is 0 Å². The molecule has 0 radical (unpaired) electrons. The molecular weight excluding hydrogens is 297 g/mol. The average Bonchev–Trinajstić information content (AvgIpc) is 2.24. The van der Waals surface area contributed by atoms with Gasteiger partial charge in [0.05, 0.1) is 21.1 Å². The molecule has 1 fully saturated rings. The summed E-state index contributed by atoms with van der Waals surface area (Å²) >= 11 is 8.85. The lowest BCUT2D eigenvalue weighted by Gasteiger charge is -2.41. The molecule has 4 unspecified atom stereocenters. The van der Waals surface area contributed by atoms with Crippen LogP contribution in [0.1, 0.15) is 39.0 Å². The molecule has 0 aromatic rings. The van der Waals surface area contributed by atoms with E-state index in [0.717, 1.165) is 23.9 Å². The van der Waals surface area contributed by atoms with Gasteiger partial charge in [-0.25, -0.2) is 0 Å². The quantitative estimate of drug-likeness (QED) is 0.463. The maximum absolute atomic E-state index is 11.8. The van der Waals surface area contributed by atoms with Gasteiger partial charge in [0.2, 0.25) is 0 Å². The fraction of sp³-hybridized carbons (Fsp3) is 1.00. The first-order chi connectivity index (χ1) is 8.62. The van der Waals surface area contributed by atoms with Gasteiger partial charge in [0.25, 0.3) is 0 Å². The van der Waals surface area contributed by atoms with E-state index in [1.807, 2.05) is 0 Å².